The number of aryl methyl sites for hydroxylation is 1. The van der Waals surface area contributed by atoms with Crippen LogP contribution in [-0.2, 0) is 11.2 Å². The Balaban J connectivity index is 2.25. The average Bonchev–Trinajstić information content (AvgIpc) is 2.67. The Bertz CT molecular complexity index is 556. The molecule has 1 atom stereocenters. The van der Waals surface area contributed by atoms with Gasteiger partial charge in [0, 0.05) is 22.5 Å². The number of aromatic nitrogens is 1. The number of carboxylic acids is 1. The van der Waals surface area contributed by atoms with Crippen molar-refractivity contribution in [3.63, 3.8) is 0 Å². The summed E-state index contributed by atoms with van der Waals surface area (Å²) < 4.78 is 0. The van der Waals surface area contributed by atoms with E-state index in [1.54, 1.807) is 0 Å². The van der Waals surface area contributed by atoms with Gasteiger partial charge < -0.3 is 14.9 Å². The lowest BCUT2D eigenvalue weighted by Crippen LogP contribution is -2.31. The van der Waals surface area contributed by atoms with Crippen LogP contribution in [0.5, 0.6) is 0 Å². The zero-order valence-electron chi connectivity index (χ0n) is 8.82. The molecule has 82 valence electrons. The summed E-state index contributed by atoms with van der Waals surface area (Å²) in [5, 5.41) is 12.2. The van der Waals surface area contributed by atoms with Gasteiger partial charge in [0.15, 0.2) is 0 Å². The summed E-state index contributed by atoms with van der Waals surface area (Å²) in [6.07, 6.45) is 2.57. The van der Waals surface area contributed by atoms with E-state index in [4.69, 9.17) is 0 Å². The van der Waals surface area contributed by atoms with Crippen molar-refractivity contribution in [2.75, 3.05) is 0 Å². The lowest BCUT2D eigenvalue weighted by Gasteiger charge is -2.23. The number of benzene rings is 1. The predicted molar refractivity (Wildman–Crippen MR) is 59.0 cm³/mol. The number of para-hydroxylation sites is 1. The summed E-state index contributed by atoms with van der Waals surface area (Å²) >= 11 is 0. The SMILES string of the molecule is O=C([O-])[C@H]1CCCc2c1[nH]c1ccccc21. The Morgan fingerprint density at radius 3 is 3.00 bits per heavy atom. The molecule has 0 saturated heterocycles. The predicted octanol–water partition coefficient (Wildman–Crippen LogP) is 1.34. The summed E-state index contributed by atoms with van der Waals surface area (Å²) in [7, 11) is 0. The maximum absolute atomic E-state index is 11.1. The topological polar surface area (TPSA) is 55.9 Å². The van der Waals surface area contributed by atoms with Crippen molar-refractivity contribution in [3.05, 3.63) is 35.5 Å². The number of carbonyl (C=O) groups excluding carboxylic acids is 1. The molecule has 1 aromatic heterocycles. The molecule has 1 N–H and O–H groups in total. The first-order chi connectivity index (χ1) is 7.77. The third-order valence-corrected chi connectivity index (χ3v) is 3.40. The fraction of sp³-hybridized carbons (Fsp3) is 0.308. The first kappa shape index (κ1) is 9.46. The molecule has 0 aliphatic heterocycles. The van der Waals surface area contributed by atoms with E-state index < -0.39 is 11.9 Å². The highest BCUT2D eigenvalue weighted by Gasteiger charge is 2.24. The van der Waals surface area contributed by atoms with Crippen molar-refractivity contribution in [1.82, 2.24) is 4.98 Å². The minimum absolute atomic E-state index is 0.462. The molecule has 0 radical (unpaired) electrons. The molecule has 1 aliphatic rings. The van der Waals surface area contributed by atoms with E-state index in [0.29, 0.717) is 6.42 Å². The van der Waals surface area contributed by atoms with Crippen molar-refractivity contribution in [2.24, 2.45) is 0 Å². The number of H-pyrrole nitrogens is 1. The van der Waals surface area contributed by atoms with Crippen LogP contribution in [0.25, 0.3) is 10.9 Å². The highest BCUT2D eigenvalue weighted by molar-refractivity contribution is 5.87. The minimum Gasteiger partial charge on any atom is -0.549 e. The van der Waals surface area contributed by atoms with Crippen LogP contribution in [0.1, 0.15) is 30.0 Å². The van der Waals surface area contributed by atoms with E-state index in [0.717, 1.165) is 35.0 Å². The molecule has 3 nitrogen and oxygen atoms in total. The second-order valence-electron chi connectivity index (χ2n) is 4.33. The number of carboxylic acid groups (broad SMARTS) is 1. The highest BCUT2D eigenvalue weighted by atomic mass is 16.4. The standard InChI is InChI=1S/C13H13NO2/c15-13(16)10-6-3-5-9-8-4-1-2-7-11(8)14-12(9)10/h1-2,4,7,10,14H,3,5-6H2,(H,15,16)/p-1/t10-/m0/s1. The lowest BCUT2D eigenvalue weighted by molar-refractivity contribution is -0.308. The van der Waals surface area contributed by atoms with Crippen LogP contribution in [0.4, 0.5) is 0 Å². The Morgan fingerprint density at radius 1 is 1.38 bits per heavy atom. The van der Waals surface area contributed by atoms with Crippen LogP contribution in [0.15, 0.2) is 24.3 Å². The number of rotatable bonds is 1. The second kappa shape index (κ2) is 3.37. The molecule has 1 aromatic carbocycles. The molecule has 0 unspecified atom stereocenters. The van der Waals surface area contributed by atoms with Crippen LogP contribution < -0.4 is 5.11 Å². The smallest absolute Gasteiger partial charge is 0.0504 e. The quantitative estimate of drug-likeness (QED) is 0.778. The van der Waals surface area contributed by atoms with E-state index in [2.05, 4.69) is 4.98 Å². The number of hydrogen-bond acceptors (Lipinski definition) is 2. The van der Waals surface area contributed by atoms with Crippen LogP contribution in [0, 0.1) is 0 Å². The van der Waals surface area contributed by atoms with Gasteiger partial charge >= 0.3 is 0 Å². The zero-order chi connectivity index (χ0) is 11.1. The minimum atomic E-state index is -0.965. The molecule has 0 amide bonds. The number of aromatic amines is 1. The maximum Gasteiger partial charge on any atom is 0.0504 e. The van der Waals surface area contributed by atoms with Gasteiger partial charge in [-0.15, -0.1) is 0 Å². The zero-order valence-corrected chi connectivity index (χ0v) is 8.82. The summed E-state index contributed by atoms with van der Waals surface area (Å²) in [5.41, 5.74) is 3.05. The molecule has 0 spiro atoms. The third kappa shape index (κ3) is 1.24. The van der Waals surface area contributed by atoms with Gasteiger partial charge in [-0.25, -0.2) is 0 Å². The molecule has 2 aromatic rings. The van der Waals surface area contributed by atoms with Gasteiger partial charge in [0.1, 0.15) is 0 Å². The number of carbonyl (C=O) groups is 1. The molecule has 0 bridgehead atoms. The molecular weight excluding hydrogens is 202 g/mol. The number of hydrogen-bond donors (Lipinski definition) is 1. The fourth-order valence-electron chi connectivity index (χ4n) is 2.65. The molecule has 3 heteroatoms. The van der Waals surface area contributed by atoms with Gasteiger partial charge in [0.25, 0.3) is 0 Å². The van der Waals surface area contributed by atoms with Gasteiger partial charge in [0.05, 0.1) is 5.97 Å². The van der Waals surface area contributed by atoms with Gasteiger partial charge in [-0.2, -0.15) is 0 Å². The van der Waals surface area contributed by atoms with Crippen molar-refractivity contribution in [1.29, 1.82) is 0 Å². The Morgan fingerprint density at radius 2 is 2.19 bits per heavy atom. The van der Waals surface area contributed by atoms with Crippen LogP contribution in [0.3, 0.4) is 0 Å². The van der Waals surface area contributed by atoms with Gasteiger partial charge in [-0.3, -0.25) is 0 Å². The van der Waals surface area contributed by atoms with E-state index in [1.165, 1.54) is 0 Å². The van der Waals surface area contributed by atoms with Gasteiger partial charge in [-0.05, 0) is 30.9 Å². The Kier molecular flexibility index (Phi) is 1.99. The van der Waals surface area contributed by atoms with E-state index in [9.17, 15) is 9.90 Å². The molecule has 1 aliphatic carbocycles. The monoisotopic (exact) mass is 214 g/mol. The number of fused-ring (bicyclic) bond motifs is 3. The Labute approximate surface area is 93.1 Å². The summed E-state index contributed by atoms with van der Waals surface area (Å²) in [6, 6.07) is 7.97. The van der Waals surface area contributed by atoms with Crippen LogP contribution in [0.2, 0.25) is 0 Å². The largest absolute Gasteiger partial charge is 0.549 e. The van der Waals surface area contributed by atoms with Gasteiger partial charge in [-0.1, -0.05) is 18.2 Å². The normalized spacial score (nSPS) is 19.6. The molecule has 0 fully saturated rings. The van der Waals surface area contributed by atoms with E-state index in [-0.39, 0.29) is 0 Å². The molecular formula is C13H12NO2-. The first-order valence-electron chi connectivity index (χ1n) is 5.57. The summed E-state index contributed by atoms with van der Waals surface area (Å²) in [5.74, 6) is -1.43. The average molecular weight is 214 g/mol. The Hall–Kier alpha value is -1.77. The first-order valence-corrected chi connectivity index (χ1v) is 5.57. The van der Waals surface area contributed by atoms with E-state index >= 15 is 0 Å². The van der Waals surface area contributed by atoms with Crippen LogP contribution >= 0.6 is 0 Å². The van der Waals surface area contributed by atoms with Crippen molar-refractivity contribution in [3.8, 4) is 0 Å². The third-order valence-electron chi connectivity index (χ3n) is 3.40. The lowest BCUT2D eigenvalue weighted by atomic mass is 9.87. The molecule has 16 heavy (non-hydrogen) atoms. The summed E-state index contributed by atoms with van der Waals surface area (Å²) in [6.45, 7) is 0. The second-order valence-corrected chi connectivity index (χ2v) is 4.33. The summed E-state index contributed by atoms with van der Waals surface area (Å²) in [4.78, 5) is 14.3. The number of aliphatic carboxylic acids is 1. The number of nitrogens with one attached hydrogen (secondary N) is 1. The fourth-order valence-corrected chi connectivity index (χ4v) is 2.65. The van der Waals surface area contributed by atoms with Crippen LogP contribution in [-0.4, -0.2) is 11.0 Å². The molecule has 0 saturated carbocycles. The van der Waals surface area contributed by atoms with Crippen molar-refractivity contribution in [2.45, 2.75) is 25.2 Å². The molecule has 1 heterocycles. The highest BCUT2D eigenvalue weighted by Crippen LogP contribution is 2.35. The maximum atomic E-state index is 11.1. The van der Waals surface area contributed by atoms with Crippen molar-refractivity contribution >= 4 is 16.9 Å². The van der Waals surface area contributed by atoms with Crippen molar-refractivity contribution < 1.29 is 9.90 Å². The van der Waals surface area contributed by atoms with E-state index in [1.807, 2.05) is 24.3 Å². The molecule has 3 rings (SSSR count). The van der Waals surface area contributed by atoms with Gasteiger partial charge in [0.2, 0.25) is 0 Å².